The van der Waals surface area contributed by atoms with Crippen LogP contribution in [-0.2, 0) is 30.3 Å². The predicted octanol–water partition coefficient (Wildman–Crippen LogP) is -1.31. The number of nitrogens with zero attached hydrogens (tertiary/aromatic N) is 1. The van der Waals surface area contributed by atoms with Crippen LogP contribution in [0.5, 0.6) is 0 Å². The van der Waals surface area contributed by atoms with Gasteiger partial charge < -0.3 is 24.0 Å². The molecule has 0 amide bonds. The van der Waals surface area contributed by atoms with Crippen LogP contribution in [0, 0.1) is 0 Å². The normalized spacial score (nSPS) is 30.3. The molecule has 12 heteroatoms. The summed E-state index contributed by atoms with van der Waals surface area (Å²) >= 11 is 4.77. The minimum Gasteiger partial charge on any atom is -0.387 e. The van der Waals surface area contributed by atoms with Crippen molar-refractivity contribution >= 4 is 18.5 Å². The number of rotatable bonds is 6. The van der Waals surface area contributed by atoms with E-state index in [4.69, 9.17) is 30.3 Å². The van der Waals surface area contributed by atoms with E-state index in [0.29, 0.717) is 0 Å². The van der Waals surface area contributed by atoms with Crippen molar-refractivity contribution < 1.29 is 28.5 Å². The number of ether oxygens (including phenoxy) is 2. The lowest BCUT2D eigenvalue weighted by Gasteiger charge is -2.25. The molecule has 0 saturated carbocycles. The van der Waals surface area contributed by atoms with Crippen LogP contribution >= 0.6 is 6.72 Å². The fourth-order valence-corrected chi connectivity index (χ4v) is 3.10. The first-order chi connectivity index (χ1) is 10.8. The predicted molar refractivity (Wildman–Crippen MR) is 81.5 cm³/mol. The van der Waals surface area contributed by atoms with Crippen molar-refractivity contribution in [1.82, 2.24) is 9.55 Å². The lowest BCUT2D eigenvalue weighted by atomic mass is 10.1. The van der Waals surface area contributed by atoms with Gasteiger partial charge in [-0.25, -0.2) is 4.79 Å². The standard InChI is InChI=1S/C11H17N2O8PS/c1-18-5-6-8(15)9(21-22(17,23)19-2)10(20-6)13-4-3-7(14)12-11(13)16/h3-4,6,8-10,15H,5H2,1-2H3,(H,17,23)(H,12,14,16)/t6-,8-,9-,10-,22?/m1/s1. The first kappa shape index (κ1) is 18.4. The van der Waals surface area contributed by atoms with Crippen LogP contribution in [-0.4, -0.2) is 58.7 Å². The van der Waals surface area contributed by atoms with E-state index in [1.54, 1.807) is 0 Å². The zero-order chi connectivity index (χ0) is 17.2. The van der Waals surface area contributed by atoms with Crippen molar-refractivity contribution in [2.75, 3.05) is 20.8 Å². The molecular weight excluding hydrogens is 351 g/mol. The second-order valence-corrected chi connectivity index (χ2v) is 7.65. The summed E-state index contributed by atoms with van der Waals surface area (Å²) in [5, 5.41) is 10.3. The monoisotopic (exact) mass is 368 g/mol. The van der Waals surface area contributed by atoms with Gasteiger partial charge in [0.1, 0.15) is 18.3 Å². The number of aromatic nitrogens is 2. The maximum atomic E-state index is 11.9. The summed E-state index contributed by atoms with van der Waals surface area (Å²) in [7, 11) is 2.58. The van der Waals surface area contributed by atoms with Gasteiger partial charge in [0.2, 0.25) is 0 Å². The van der Waals surface area contributed by atoms with E-state index >= 15 is 0 Å². The Kier molecular flexibility index (Phi) is 5.87. The number of nitrogens with one attached hydrogen (secondary N) is 1. The first-order valence-electron chi connectivity index (χ1n) is 6.50. The molecule has 1 aliphatic heterocycles. The molecule has 130 valence electrons. The van der Waals surface area contributed by atoms with Gasteiger partial charge in [-0.15, -0.1) is 0 Å². The highest BCUT2D eigenvalue weighted by molar-refractivity contribution is 8.07. The van der Waals surface area contributed by atoms with E-state index in [1.807, 2.05) is 0 Å². The molecule has 2 rings (SSSR count). The molecule has 1 fully saturated rings. The van der Waals surface area contributed by atoms with E-state index < -0.39 is 42.5 Å². The van der Waals surface area contributed by atoms with Crippen molar-refractivity contribution in [2.45, 2.75) is 24.5 Å². The molecule has 1 aliphatic rings. The summed E-state index contributed by atoms with van der Waals surface area (Å²) in [4.78, 5) is 35.0. The van der Waals surface area contributed by atoms with Crippen LogP contribution in [0.2, 0.25) is 0 Å². The van der Waals surface area contributed by atoms with Gasteiger partial charge in [0.05, 0.1) is 6.61 Å². The summed E-state index contributed by atoms with van der Waals surface area (Å²) in [6, 6.07) is 1.11. The van der Waals surface area contributed by atoms with E-state index in [-0.39, 0.29) is 6.61 Å². The van der Waals surface area contributed by atoms with Gasteiger partial charge in [0.15, 0.2) is 6.23 Å². The number of H-pyrrole nitrogens is 1. The minimum atomic E-state index is -3.62. The SMILES string of the molecule is COC[C@H]1O[C@@H](n2ccc(=O)[nH]c2=O)[C@H](OP(O)(=S)OC)[C@@H]1O. The molecule has 10 nitrogen and oxygen atoms in total. The minimum absolute atomic E-state index is 0.0247. The number of aliphatic hydroxyl groups is 1. The molecular formula is C11H17N2O8PS. The Morgan fingerprint density at radius 3 is 2.74 bits per heavy atom. The number of aromatic amines is 1. The molecule has 1 unspecified atom stereocenters. The molecule has 1 aromatic rings. The van der Waals surface area contributed by atoms with Crippen molar-refractivity contribution in [3.8, 4) is 0 Å². The Hall–Kier alpha value is -0.910. The Bertz CT molecular complexity index is 706. The quantitative estimate of drug-likeness (QED) is 0.524. The van der Waals surface area contributed by atoms with Gasteiger partial charge >= 0.3 is 12.4 Å². The highest BCUT2D eigenvalue weighted by Gasteiger charge is 2.48. The molecule has 0 radical (unpaired) electrons. The lowest BCUT2D eigenvalue weighted by Crippen LogP contribution is -2.39. The largest absolute Gasteiger partial charge is 0.387 e. The molecule has 0 aliphatic carbocycles. The number of methoxy groups -OCH3 is 1. The van der Waals surface area contributed by atoms with Crippen LogP contribution in [0.1, 0.15) is 6.23 Å². The number of hydrogen-bond donors (Lipinski definition) is 3. The maximum Gasteiger partial charge on any atom is 0.330 e. The lowest BCUT2D eigenvalue weighted by molar-refractivity contribution is -0.0602. The molecule has 0 spiro atoms. The summed E-state index contributed by atoms with van der Waals surface area (Å²) < 4.78 is 21.5. The zero-order valence-corrected chi connectivity index (χ0v) is 14.0. The van der Waals surface area contributed by atoms with Crippen molar-refractivity contribution in [1.29, 1.82) is 0 Å². The van der Waals surface area contributed by atoms with Gasteiger partial charge in [0.25, 0.3) is 5.56 Å². The van der Waals surface area contributed by atoms with E-state index in [1.165, 1.54) is 13.3 Å². The van der Waals surface area contributed by atoms with Gasteiger partial charge in [0, 0.05) is 26.5 Å². The van der Waals surface area contributed by atoms with Crippen LogP contribution in [0.15, 0.2) is 21.9 Å². The van der Waals surface area contributed by atoms with Gasteiger partial charge in [-0.2, -0.15) is 0 Å². The molecule has 5 atom stereocenters. The number of aliphatic hydroxyl groups excluding tert-OH is 1. The second kappa shape index (κ2) is 7.32. The molecule has 1 saturated heterocycles. The van der Waals surface area contributed by atoms with E-state index in [9.17, 15) is 19.6 Å². The fraction of sp³-hybridized carbons (Fsp3) is 0.636. The summed E-state index contributed by atoms with van der Waals surface area (Å²) in [5.74, 6) is 0. The number of hydrogen-bond acceptors (Lipinski definition) is 8. The van der Waals surface area contributed by atoms with Crippen molar-refractivity contribution in [3.63, 3.8) is 0 Å². The smallest absolute Gasteiger partial charge is 0.330 e. The Morgan fingerprint density at radius 1 is 1.48 bits per heavy atom. The zero-order valence-electron chi connectivity index (χ0n) is 12.3. The summed E-state index contributed by atoms with van der Waals surface area (Å²) in [6.07, 6.45) is -3.17. The van der Waals surface area contributed by atoms with Crippen LogP contribution < -0.4 is 11.2 Å². The van der Waals surface area contributed by atoms with Gasteiger partial charge in [-0.3, -0.25) is 18.9 Å². The van der Waals surface area contributed by atoms with Crippen molar-refractivity contribution in [3.05, 3.63) is 33.1 Å². The third kappa shape index (κ3) is 4.14. The van der Waals surface area contributed by atoms with Crippen LogP contribution in [0.4, 0.5) is 0 Å². The Labute approximate surface area is 135 Å². The molecule has 1 aromatic heterocycles. The third-order valence-corrected chi connectivity index (χ3v) is 4.93. The van der Waals surface area contributed by atoms with Gasteiger partial charge in [-0.1, -0.05) is 0 Å². The van der Waals surface area contributed by atoms with E-state index in [2.05, 4.69) is 4.98 Å². The highest BCUT2D eigenvalue weighted by atomic mass is 32.5. The average molecular weight is 368 g/mol. The summed E-state index contributed by atoms with van der Waals surface area (Å²) in [6.45, 7) is -3.60. The Balaban J connectivity index is 2.38. The molecule has 2 heterocycles. The molecule has 0 bridgehead atoms. The fourth-order valence-electron chi connectivity index (χ4n) is 2.18. The average Bonchev–Trinajstić information content (AvgIpc) is 2.77. The molecule has 0 aromatic carbocycles. The van der Waals surface area contributed by atoms with E-state index in [0.717, 1.165) is 17.7 Å². The maximum absolute atomic E-state index is 11.9. The van der Waals surface area contributed by atoms with Crippen LogP contribution in [0.3, 0.4) is 0 Å². The second-order valence-electron chi connectivity index (χ2n) is 4.75. The van der Waals surface area contributed by atoms with Crippen molar-refractivity contribution in [2.24, 2.45) is 0 Å². The van der Waals surface area contributed by atoms with Gasteiger partial charge in [-0.05, 0) is 11.8 Å². The third-order valence-electron chi connectivity index (χ3n) is 3.25. The summed E-state index contributed by atoms with van der Waals surface area (Å²) in [5.41, 5.74) is -1.34. The highest BCUT2D eigenvalue weighted by Crippen LogP contribution is 2.48. The molecule has 3 N–H and O–H groups in total. The first-order valence-corrected chi connectivity index (χ1v) is 9.09. The van der Waals surface area contributed by atoms with Crippen LogP contribution in [0.25, 0.3) is 0 Å². The molecule has 23 heavy (non-hydrogen) atoms. The Morgan fingerprint density at radius 2 is 2.17 bits per heavy atom. The topological polar surface area (TPSA) is 132 Å².